The van der Waals surface area contributed by atoms with Crippen molar-refractivity contribution in [1.29, 1.82) is 0 Å². The SMILES string of the molecule is CCCCOC(=O)c1cccc(NC(=O)CCCOc2cccc(C)c2C)c1. The lowest BCUT2D eigenvalue weighted by molar-refractivity contribution is -0.116. The highest BCUT2D eigenvalue weighted by atomic mass is 16.5. The average Bonchev–Trinajstić information content (AvgIpc) is 2.68. The number of hydrogen-bond donors (Lipinski definition) is 1. The van der Waals surface area contributed by atoms with Crippen molar-refractivity contribution in [2.45, 2.75) is 46.5 Å². The van der Waals surface area contributed by atoms with E-state index in [4.69, 9.17) is 9.47 Å². The van der Waals surface area contributed by atoms with E-state index in [1.165, 1.54) is 5.56 Å². The molecule has 0 spiro atoms. The van der Waals surface area contributed by atoms with Gasteiger partial charge in [-0.05, 0) is 62.1 Å². The van der Waals surface area contributed by atoms with E-state index in [0.717, 1.165) is 24.2 Å². The Bertz CT molecular complexity index is 801. The molecule has 5 heteroatoms. The Balaban J connectivity index is 1.77. The van der Waals surface area contributed by atoms with E-state index in [2.05, 4.69) is 5.32 Å². The number of rotatable bonds is 10. The molecule has 0 bridgehead atoms. The quantitative estimate of drug-likeness (QED) is 0.460. The van der Waals surface area contributed by atoms with Crippen LogP contribution in [0.15, 0.2) is 42.5 Å². The van der Waals surface area contributed by atoms with Crippen molar-refractivity contribution in [3.63, 3.8) is 0 Å². The predicted octanol–water partition coefficient (Wildman–Crippen LogP) is 5.06. The van der Waals surface area contributed by atoms with Crippen LogP contribution in [-0.4, -0.2) is 25.1 Å². The molecule has 0 saturated heterocycles. The molecule has 0 radical (unpaired) electrons. The maximum atomic E-state index is 12.2. The monoisotopic (exact) mass is 383 g/mol. The zero-order valence-corrected chi connectivity index (χ0v) is 16.9. The van der Waals surface area contributed by atoms with Gasteiger partial charge in [-0.15, -0.1) is 0 Å². The van der Waals surface area contributed by atoms with E-state index in [-0.39, 0.29) is 11.9 Å². The van der Waals surface area contributed by atoms with Gasteiger partial charge in [0, 0.05) is 12.1 Å². The Kier molecular flexibility index (Phi) is 8.53. The van der Waals surface area contributed by atoms with Crippen molar-refractivity contribution < 1.29 is 19.1 Å². The number of ether oxygens (including phenoxy) is 2. The van der Waals surface area contributed by atoms with Crippen molar-refractivity contribution in [2.24, 2.45) is 0 Å². The molecule has 0 atom stereocenters. The molecule has 0 aliphatic rings. The van der Waals surface area contributed by atoms with Gasteiger partial charge < -0.3 is 14.8 Å². The minimum absolute atomic E-state index is 0.110. The van der Waals surface area contributed by atoms with Gasteiger partial charge in [0.05, 0.1) is 18.8 Å². The highest BCUT2D eigenvalue weighted by molar-refractivity contribution is 5.94. The summed E-state index contributed by atoms with van der Waals surface area (Å²) in [6.07, 6.45) is 2.76. The molecule has 0 aliphatic carbocycles. The van der Waals surface area contributed by atoms with Gasteiger partial charge in [-0.2, -0.15) is 0 Å². The molecule has 0 aromatic heterocycles. The summed E-state index contributed by atoms with van der Waals surface area (Å²) in [7, 11) is 0. The van der Waals surface area contributed by atoms with Crippen LogP contribution in [0.3, 0.4) is 0 Å². The first-order valence-corrected chi connectivity index (χ1v) is 9.77. The molecule has 1 N–H and O–H groups in total. The zero-order chi connectivity index (χ0) is 20.4. The van der Waals surface area contributed by atoms with E-state index in [1.54, 1.807) is 24.3 Å². The largest absolute Gasteiger partial charge is 0.493 e. The maximum Gasteiger partial charge on any atom is 0.338 e. The summed E-state index contributed by atoms with van der Waals surface area (Å²) < 4.78 is 11.0. The Hall–Kier alpha value is -2.82. The molecule has 2 aromatic carbocycles. The summed E-state index contributed by atoms with van der Waals surface area (Å²) in [5.41, 5.74) is 3.33. The summed E-state index contributed by atoms with van der Waals surface area (Å²) in [5.74, 6) is 0.377. The number of benzene rings is 2. The lowest BCUT2D eigenvalue weighted by Crippen LogP contribution is -2.14. The molecular weight excluding hydrogens is 354 g/mol. The van der Waals surface area contributed by atoms with Gasteiger partial charge >= 0.3 is 5.97 Å². The van der Waals surface area contributed by atoms with Crippen molar-refractivity contribution in [3.8, 4) is 5.75 Å². The van der Waals surface area contributed by atoms with Crippen LogP contribution in [0.2, 0.25) is 0 Å². The Morgan fingerprint density at radius 1 is 1.00 bits per heavy atom. The molecule has 0 unspecified atom stereocenters. The van der Waals surface area contributed by atoms with Gasteiger partial charge in [-0.3, -0.25) is 4.79 Å². The minimum Gasteiger partial charge on any atom is -0.493 e. The van der Waals surface area contributed by atoms with Gasteiger partial charge in [-0.1, -0.05) is 31.5 Å². The Labute approximate surface area is 167 Å². The third kappa shape index (κ3) is 6.72. The minimum atomic E-state index is -0.369. The molecule has 1 amide bonds. The second-order valence-corrected chi connectivity index (χ2v) is 6.77. The second-order valence-electron chi connectivity index (χ2n) is 6.77. The van der Waals surface area contributed by atoms with E-state index in [9.17, 15) is 9.59 Å². The topological polar surface area (TPSA) is 64.6 Å². The molecule has 150 valence electrons. The maximum absolute atomic E-state index is 12.2. The molecule has 0 fully saturated rings. The van der Waals surface area contributed by atoms with Gasteiger partial charge in [0.2, 0.25) is 5.91 Å². The number of anilines is 1. The van der Waals surface area contributed by atoms with Crippen LogP contribution in [-0.2, 0) is 9.53 Å². The number of nitrogens with one attached hydrogen (secondary N) is 1. The summed E-state index contributed by atoms with van der Waals surface area (Å²) in [5, 5.41) is 2.82. The first kappa shape index (κ1) is 21.5. The van der Waals surface area contributed by atoms with Gasteiger partial charge in [-0.25, -0.2) is 4.79 Å². The third-order valence-electron chi connectivity index (χ3n) is 4.47. The van der Waals surface area contributed by atoms with Crippen LogP contribution >= 0.6 is 0 Å². The van der Waals surface area contributed by atoms with Gasteiger partial charge in [0.25, 0.3) is 0 Å². The third-order valence-corrected chi connectivity index (χ3v) is 4.47. The lowest BCUT2D eigenvalue weighted by Gasteiger charge is -2.11. The van der Waals surface area contributed by atoms with E-state index >= 15 is 0 Å². The van der Waals surface area contributed by atoms with Crippen LogP contribution in [0.5, 0.6) is 5.75 Å². The van der Waals surface area contributed by atoms with Crippen LogP contribution in [0.4, 0.5) is 5.69 Å². The number of carbonyl (C=O) groups is 2. The fraction of sp³-hybridized carbons (Fsp3) is 0.391. The summed E-state index contributed by atoms with van der Waals surface area (Å²) in [4.78, 5) is 24.2. The van der Waals surface area contributed by atoms with Crippen molar-refractivity contribution in [1.82, 2.24) is 0 Å². The van der Waals surface area contributed by atoms with Crippen molar-refractivity contribution in [2.75, 3.05) is 18.5 Å². The fourth-order valence-corrected chi connectivity index (χ4v) is 2.64. The number of unbranched alkanes of at least 4 members (excludes halogenated alkanes) is 1. The van der Waals surface area contributed by atoms with Crippen LogP contribution in [0.1, 0.15) is 54.1 Å². The van der Waals surface area contributed by atoms with Crippen molar-refractivity contribution in [3.05, 3.63) is 59.2 Å². The normalized spacial score (nSPS) is 10.4. The highest BCUT2D eigenvalue weighted by Crippen LogP contribution is 2.20. The Morgan fingerprint density at radius 3 is 2.57 bits per heavy atom. The highest BCUT2D eigenvalue weighted by Gasteiger charge is 2.09. The molecule has 5 nitrogen and oxygen atoms in total. The zero-order valence-electron chi connectivity index (χ0n) is 16.9. The molecule has 0 saturated carbocycles. The fourth-order valence-electron chi connectivity index (χ4n) is 2.64. The first-order chi connectivity index (χ1) is 13.5. The number of amides is 1. The van der Waals surface area contributed by atoms with Gasteiger partial charge in [0.15, 0.2) is 0 Å². The number of esters is 1. The molecule has 0 aliphatic heterocycles. The summed E-state index contributed by atoms with van der Waals surface area (Å²) >= 11 is 0. The van der Waals surface area contributed by atoms with Crippen LogP contribution in [0, 0.1) is 13.8 Å². The number of hydrogen-bond acceptors (Lipinski definition) is 4. The Morgan fingerprint density at radius 2 is 1.79 bits per heavy atom. The van der Waals surface area contributed by atoms with Gasteiger partial charge in [0.1, 0.15) is 5.75 Å². The molecule has 2 aromatic rings. The molecule has 2 rings (SSSR count). The number of carbonyl (C=O) groups excluding carboxylic acids is 2. The first-order valence-electron chi connectivity index (χ1n) is 9.77. The van der Waals surface area contributed by atoms with Crippen LogP contribution in [0.25, 0.3) is 0 Å². The van der Waals surface area contributed by atoms with Crippen LogP contribution < -0.4 is 10.1 Å². The van der Waals surface area contributed by atoms with E-state index in [0.29, 0.717) is 37.3 Å². The summed E-state index contributed by atoms with van der Waals surface area (Å²) in [6, 6.07) is 12.8. The smallest absolute Gasteiger partial charge is 0.338 e. The lowest BCUT2D eigenvalue weighted by atomic mass is 10.1. The van der Waals surface area contributed by atoms with E-state index < -0.39 is 0 Å². The number of aryl methyl sites for hydroxylation is 1. The molecule has 28 heavy (non-hydrogen) atoms. The standard InChI is InChI=1S/C23H29NO4/c1-4-5-14-28-23(26)19-10-7-11-20(16-19)24-22(25)13-8-15-27-21-12-6-9-17(2)18(21)3/h6-7,9-12,16H,4-5,8,13-15H2,1-3H3,(H,24,25). The summed E-state index contributed by atoms with van der Waals surface area (Å²) in [6.45, 7) is 6.99. The van der Waals surface area contributed by atoms with E-state index in [1.807, 2.05) is 39.0 Å². The molecular formula is C23H29NO4. The van der Waals surface area contributed by atoms with Crippen molar-refractivity contribution >= 4 is 17.6 Å². The predicted molar refractivity (Wildman–Crippen MR) is 111 cm³/mol. The molecule has 0 heterocycles. The second kappa shape index (κ2) is 11.1. The average molecular weight is 383 g/mol.